The van der Waals surface area contributed by atoms with Crippen molar-refractivity contribution in [2.45, 2.75) is 211 Å². The van der Waals surface area contributed by atoms with Gasteiger partial charge in [0, 0.05) is 0 Å². The number of allylic oxidation sites excluding steroid dienone is 2. The van der Waals surface area contributed by atoms with Crippen LogP contribution in [0.2, 0.25) is 0 Å². The third kappa shape index (κ3) is 7.87. The molecule has 0 spiro atoms. The first-order valence-electron chi connectivity index (χ1n) is 24.3. The van der Waals surface area contributed by atoms with Crippen molar-refractivity contribution >= 4 is 5.97 Å². The number of carboxylic acids is 1. The lowest BCUT2D eigenvalue weighted by Gasteiger charge is -2.71. The molecule has 23 atom stereocenters. The molecule has 8 aliphatic rings. The summed E-state index contributed by atoms with van der Waals surface area (Å²) in [6.45, 7) is 13.9. The Hall–Kier alpha value is -1.43. The monoisotopic (exact) mass is 943 g/mol. The summed E-state index contributed by atoms with van der Waals surface area (Å²) < 4.78 is 36.7. The highest BCUT2D eigenvalue weighted by atomic mass is 16.8. The molecule has 0 aromatic heterocycles. The van der Waals surface area contributed by atoms with Crippen LogP contribution in [0.15, 0.2) is 11.6 Å². The maximum absolute atomic E-state index is 13.2. The van der Waals surface area contributed by atoms with Crippen LogP contribution in [0.4, 0.5) is 0 Å². The lowest BCUT2D eigenvalue weighted by atomic mass is 9.33. The molecule has 66 heavy (non-hydrogen) atoms. The second kappa shape index (κ2) is 18.0. The third-order valence-electron chi connectivity index (χ3n) is 19.4. The standard InChI is InChI=1S/C48H78O18/c1-43(2)14-16-48(42(59)60)17-15-46(6)22(23(48)18-43)8-9-28-45(5)12-11-29(44(3,4)27(45)10-13-47(28,46)7)64-41-38(66-40-35(57)33(55)31(53)25(20-50)62-40)36(58)37(26(21-51)63-41)65-39-34(56)32(54)30(52)24(19-49)61-39/h8,23-41,49-58H,9-21H2,1-7H3,(H,59,60)/t23?,24-,25-,26-,27?,28?,29+,30-,31-,32+,33+,34-,35-,36+,37-,38-,39+,40+,41+,45+,46-,47-,48+/m1/s1. The fourth-order valence-corrected chi connectivity index (χ4v) is 15.1. The summed E-state index contributed by atoms with van der Waals surface area (Å²) in [6, 6.07) is 0. The molecule has 11 N–H and O–H groups in total. The van der Waals surface area contributed by atoms with E-state index in [9.17, 15) is 61.0 Å². The predicted molar refractivity (Wildman–Crippen MR) is 231 cm³/mol. The van der Waals surface area contributed by atoms with E-state index in [1.807, 2.05) is 0 Å². The largest absolute Gasteiger partial charge is 0.481 e. The van der Waals surface area contributed by atoms with Gasteiger partial charge in [-0.1, -0.05) is 60.1 Å². The first-order valence-corrected chi connectivity index (χ1v) is 24.3. The highest BCUT2D eigenvalue weighted by Crippen LogP contribution is 2.76. The van der Waals surface area contributed by atoms with Gasteiger partial charge in [0.05, 0.1) is 31.3 Å². The van der Waals surface area contributed by atoms with Crippen molar-refractivity contribution in [2.24, 2.45) is 50.2 Å². The van der Waals surface area contributed by atoms with Gasteiger partial charge in [-0.15, -0.1) is 0 Å². The zero-order valence-corrected chi connectivity index (χ0v) is 39.5. The molecule has 3 aliphatic heterocycles. The van der Waals surface area contributed by atoms with E-state index < -0.39 is 135 Å². The molecule has 18 nitrogen and oxygen atoms in total. The second-order valence-corrected chi connectivity index (χ2v) is 23.5. The predicted octanol–water partition coefficient (Wildman–Crippen LogP) is 0.706. The molecule has 4 saturated carbocycles. The Bertz CT molecular complexity index is 1790. The normalized spacial score (nSPS) is 53.3. The summed E-state index contributed by atoms with van der Waals surface area (Å²) in [7, 11) is 0. The quantitative estimate of drug-likeness (QED) is 0.106. The Morgan fingerprint density at radius 1 is 0.606 bits per heavy atom. The number of ether oxygens (including phenoxy) is 6. The van der Waals surface area contributed by atoms with Crippen molar-refractivity contribution in [2.75, 3.05) is 19.8 Å². The van der Waals surface area contributed by atoms with Crippen molar-refractivity contribution < 1.29 is 89.4 Å². The molecule has 0 aromatic carbocycles. The van der Waals surface area contributed by atoms with Gasteiger partial charge in [0.2, 0.25) is 0 Å². The molecule has 3 unspecified atom stereocenters. The van der Waals surface area contributed by atoms with E-state index in [1.54, 1.807) is 0 Å². The first kappa shape index (κ1) is 50.9. The highest BCUT2D eigenvalue weighted by Gasteiger charge is 2.70. The smallest absolute Gasteiger partial charge is 0.310 e. The Balaban J connectivity index is 1.07. The molecular weight excluding hydrogens is 865 g/mol. The molecule has 0 radical (unpaired) electrons. The van der Waals surface area contributed by atoms with Crippen LogP contribution in [0.3, 0.4) is 0 Å². The van der Waals surface area contributed by atoms with Crippen LogP contribution in [0.25, 0.3) is 0 Å². The van der Waals surface area contributed by atoms with Crippen molar-refractivity contribution in [3.8, 4) is 0 Å². The van der Waals surface area contributed by atoms with Crippen LogP contribution in [0.1, 0.15) is 113 Å². The minimum Gasteiger partial charge on any atom is -0.481 e. The summed E-state index contributed by atoms with van der Waals surface area (Å²) in [4.78, 5) is 13.2. The first-order chi connectivity index (χ1) is 30.9. The summed E-state index contributed by atoms with van der Waals surface area (Å²) >= 11 is 0. The average molecular weight is 943 g/mol. The van der Waals surface area contributed by atoms with Gasteiger partial charge in [0.25, 0.3) is 0 Å². The molecular formula is C48H78O18. The molecule has 18 heteroatoms. The SMILES string of the molecule is CC1(C)CC[C@]2(C(=O)O)CC[C@]3(C)C(=CCC4[C@@]5(C)CC[C@H](O[C@@H]6O[C@H](CO)[C@@H](O[C@@H]7O[C@H](CO)[C@@H](O)[C@H](O)[C@H]7O)[C@H](O)[C@H]6O[C@@H]6O[C@H](CO)[C@@H](O)[C@H](O)[C@H]6O)C(C)(C)C5CC[C@]43C)C2C1. The number of carboxylic acid groups (broad SMARTS) is 1. The van der Waals surface area contributed by atoms with Gasteiger partial charge in [-0.05, 0) is 109 Å². The molecule has 0 aromatic rings. The summed E-state index contributed by atoms with van der Waals surface area (Å²) in [5.74, 6) is -0.229. The van der Waals surface area contributed by atoms with Crippen molar-refractivity contribution in [1.29, 1.82) is 0 Å². The summed E-state index contributed by atoms with van der Waals surface area (Å²) in [5.41, 5.74) is -0.256. The number of hydrogen-bond donors (Lipinski definition) is 11. The second-order valence-electron chi connectivity index (χ2n) is 23.5. The van der Waals surface area contributed by atoms with Crippen LogP contribution >= 0.6 is 0 Å². The lowest BCUT2D eigenvalue weighted by Crippen LogP contribution is -2.68. The van der Waals surface area contributed by atoms with E-state index in [-0.39, 0.29) is 33.5 Å². The van der Waals surface area contributed by atoms with Crippen LogP contribution in [-0.2, 0) is 33.2 Å². The zero-order chi connectivity index (χ0) is 48.3. The van der Waals surface area contributed by atoms with Gasteiger partial charge < -0.3 is 84.6 Å². The van der Waals surface area contributed by atoms with Gasteiger partial charge >= 0.3 is 5.97 Å². The third-order valence-corrected chi connectivity index (χ3v) is 19.4. The maximum Gasteiger partial charge on any atom is 0.310 e. The van der Waals surface area contributed by atoms with E-state index in [1.165, 1.54) is 5.57 Å². The topological polar surface area (TPSA) is 295 Å². The Kier molecular flexibility index (Phi) is 13.9. The average Bonchev–Trinajstić information content (AvgIpc) is 3.26. The molecule has 5 aliphatic carbocycles. The van der Waals surface area contributed by atoms with E-state index >= 15 is 0 Å². The molecule has 0 bridgehead atoms. The van der Waals surface area contributed by atoms with Gasteiger partial charge in [-0.3, -0.25) is 4.79 Å². The summed E-state index contributed by atoms with van der Waals surface area (Å²) in [6.07, 6.45) is -14.9. The summed E-state index contributed by atoms with van der Waals surface area (Å²) in [5, 5.41) is 117. The number of aliphatic hydroxyl groups is 10. The van der Waals surface area contributed by atoms with Gasteiger partial charge in [-0.2, -0.15) is 0 Å². The molecule has 378 valence electrons. The van der Waals surface area contributed by atoms with Gasteiger partial charge in [0.1, 0.15) is 73.2 Å². The number of hydrogen-bond acceptors (Lipinski definition) is 17. The Morgan fingerprint density at radius 3 is 1.71 bits per heavy atom. The van der Waals surface area contributed by atoms with Crippen LogP contribution in [0, 0.1) is 50.2 Å². The number of fused-ring (bicyclic) bond motifs is 7. The fraction of sp³-hybridized carbons (Fsp3) is 0.938. The minimum atomic E-state index is -1.87. The molecule has 3 saturated heterocycles. The van der Waals surface area contributed by atoms with Crippen LogP contribution in [0.5, 0.6) is 0 Å². The van der Waals surface area contributed by atoms with E-state index in [0.717, 1.165) is 44.9 Å². The molecule has 0 amide bonds. The molecule has 8 rings (SSSR count). The van der Waals surface area contributed by atoms with E-state index in [0.29, 0.717) is 25.2 Å². The highest BCUT2D eigenvalue weighted by molar-refractivity contribution is 5.76. The van der Waals surface area contributed by atoms with Crippen molar-refractivity contribution in [3.63, 3.8) is 0 Å². The van der Waals surface area contributed by atoms with Crippen LogP contribution in [-0.4, -0.2) is 180 Å². The number of aliphatic hydroxyl groups excluding tert-OH is 10. The van der Waals surface area contributed by atoms with E-state index in [4.69, 9.17) is 28.4 Å². The number of rotatable bonds is 10. The van der Waals surface area contributed by atoms with Crippen molar-refractivity contribution in [1.82, 2.24) is 0 Å². The number of aliphatic carboxylic acids is 1. The fourth-order valence-electron chi connectivity index (χ4n) is 15.1. The Morgan fingerprint density at radius 2 is 1.15 bits per heavy atom. The van der Waals surface area contributed by atoms with Gasteiger partial charge in [-0.25, -0.2) is 0 Å². The minimum absolute atomic E-state index is 0.00433. The van der Waals surface area contributed by atoms with Crippen LogP contribution < -0.4 is 0 Å². The van der Waals surface area contributed by atoms with Gasteiger partial charge in [0.15, 0.2) is 18.9 Å². The number of carbonyl (C=O) groups is 1. The van der Waals surface area contributed by atoms with E-state index in [2.05, 4.69) is 54.5 Å². The lowest BCUT2D eigenvalue weighted by molar-refractivity contribution is -0.395. The molecule has 3 heterocycles. The van der Waals surface area contributed by atoms with Crippen molar-refractivity contribution in [3.05, 3.63) is 11.6 Å². The molecule has 7 fully saturated rings. The maximum atomic E-state index is 13.2. The Labute approximate surface area is 387 Å². The zero-order valence-electron chi connectivity index (χ0n) is 39.5.